The van der Waals surface area contributed by atoms with Crippen LogP contribution < -0.4 is 14.2 Å². The lowest BCUT2D eigenvalue weighted by atomic mass is 10.1. The van der Waals surface area contributed by atoms with Crippen molar-refractivity contribution in [3.8, 4) is 17.2 Å². The van der Waals surface area contributed by atoms with Crippen LogP contribution in [0.15, 0.2) is 83.4 Å². The highest BCUT2D eigenvalue weighted by molar-refractivity contribution is 6.14. The number of ether oxygens (including phenoxy) is 3. The lowest BCUT2D eigenvalue weighted by Gasteiger charge is -2.12. The highest BCUT2D eigenvalue weighted by Crippen LogP contribution is 2.31. The molecule has 32 heavy (non-hydrogen) atoms. The summed E-state index contributed by atoms with van der Waals surface area (Å²) in [5.41, 5.74) is 1.40. The number of aliphatic imine (C=N–C) groups is 1. The van der Waals surface area contributed by atoms with Crippen LogP contribution in [0.1, 0.15) is 11.1 Å². The van der Waals surface area contributed by atoms with Crippen LogP contribution in [-0.4, -0.2) is 36.6 Å². The van der Waals surface area contributed by atoms with E-state index < -0.39 is 11.7 Å². The Morgan fingerprint density at radius 2 is 1.62 bits per heavy atom. The maximum Gasteiger partial charge on any atom is 0.341 e. The van der Waals surface area contributed by atoms with Crippen molar-refractivity contribution in [3.05, 3.63) is 89.5 Å². The van der Waals surface area contributed by atoms with Crippen LogP contribution in [0.5, 0.6) is 17.2 Å². The van der Waals surface area contributed by atoms with Gasteiger partial charge < -0.3 is 24.4 Å². The molecule has 0 radical (unpaired) electrons. The smallest absolute Gasteiger partial charge is 0.341 e. The zero-order chi connectivity index (χ0) is 22.9. The monoisotopic (exact) mass is 433 g/mol. The first kappa shape index (κ1) is 22.4. The molecule has 3 rings (SSSR count). The molecule has 0 unspecified atom stereocenters. The SMILES string of the molecule is COc1ccc(N=CC(C(=O)O)=C(O)c2ccc(OCc3ccccc3)c(OC)c2)cc1. The third kappa shape index (κ3) is 5.66. The van der Waals surface area contributed by atoms with Crippen LogP contribution in [0.3, 0.4) is 0 Å². The molecule has 0 bridgehead atoms. The van der Waals surface area contributed by atoms with Gasteiger partial charge in [0.25, 0.3) is 0 Å². The third-order valence-corrected chi connectivity index (χ3v) is 4.57. The van der Waals surface area contributed by atoms with Gasteiger partial charge >= 0.3 is 5.97 Å². The summed E-state index contributed by atoms with van der Waals surface area (Å²) < 4.78 is 16.3. The summed E-state index contributed by atoms with van der Waals surface area (Å²) in [5.74, 6) is -0.272. The van der Waals surface area contributed by atoms with Crippen molar-refractivity contribution in [2.24, 2.45) is 4.99 Å². The fourth-order valence-corrected chi connectivity index (χ4v) is 2.85. The molecule has 7 nitrogen and oxygen atoms in total. The predicted octanol–water partition coefficient (Wildman–Crippen LogP) is 5.04. The van der Waals surface area contributed by atoms with Gasteiger partial charge in [0.1, 0.15) is 23.7 Å². The second-order valence-corrected chi connectivity index (χ2v) is 6.66. The number of nitrogens with zero attached hydrogens (tertiary/aromatic N) is 1. The average molecular weight is 433 g/mol. The van der Waals surface area contributed by atoms with Gasteiger partial charge in [-0.2, -0.15) is 0 Å². The fraction of sp³-hybridized carbons (Fsp3) is 0.120. The highest BCUT2D eigenvalue weighted by Gasteiger charge is 2.16. The summed E-state index contributed by atoms with van der Waals surface area (Å²) in [4.78, 5) is 15.9. The molecular formula is C25H23NO6. The quantitative estimate of drug-likeness (QED) is 0.279. The minimum Gasteiger partial charge on any atom is -0.506 e. The van der Waals surface area contributed by atoms with E-state index >= 15 is 0 Å². The van der Waals surface area contributed by atoms with E-state index in [-0.39, 0.29) is 11.1 Å². The third-order valence-electron chi connectivity index (χ3n) is 4.57. The lowest BCUT2D eigenvalue weighted by molar-refractivity contribution is -0.132. The summed E-state index contributed by atoms with van der Waals surface area (Å²) in [6.45, 7) is 0.341. The average Bonchev–Trinajstić information content (AvgIpc) is 2.83. The van der Waals surface area contributed by atoms with Crippen LogP contribution in [-0.2, 0) is 11.4 Å². The van der Waals surface area contributed by atoms with Crippen LogP contribution in [0, 0.1) is 0 Å². The number of methoxy groups -OCH3 is 2. The van der Waals surface area contributed by atoms with Crippen LogP contribution in [0.4, 0.5) is 5.69 Å². The maximum atomic E-state index is 11.7. The summed E-state index contributed by atoms with van der Waals surface area (Å²) in [5, 5.41) is 20.2. The van der Waals surface area contributed by atoms with Crippen molar-refractivity contribution < 1.29 is 29.2 Å². The molecule has 0 aliphatic rings. The van der Waals surface area contributed by atoms with Crippen molar-refractivity contribution in [1.29, 1.82) is 0 Å². The number of benzene rings is 3. The van der Waals surface area contributed by atoms with Crippen molar-refractivity contribution in [3.63, 3.8) is 0 Å². The van der Waals surface area contributed by atoms with E-state index in [4.69, 9.17) is 14.2 Å². The molecule has 0 aromatic heterocycles. The van der Waals surface area contributed by atoms with Gasteiger partial charge in [-0.25, -0.2) is 4.79 Å². The molecule has 0 atom stereocenters. The number of aliphatic hydroxyl groups excluding tert-OH is 1. The van der Waals surface area contributed by atoms with Crippen LogP contribution in [0.25, 0.3) is 5.76 Å². The number of carbonyl (C=O) groups is 1. The Bertz CT molecular complexity index is 1120. The van der Waals surface area contributed by atoms with Gasteiger partial charge in [0, 0.05) is 11.8 Å². The molecule has 0 spiro atoms. The minimum absolute atomic E-state index is 0.257. The van der Waals surface area contributed by atoms with E-state index in [1.54, 1.807) is 43.5 Å². The Labute approximate surface area is 185 Å². The van der Waals surface area contributed by atoms with E-state index in [2.05, 4.69) is 4.99 Å². The van der Waals surface area contributed by atoms with Gasteiger partial charge in [-0.3, -0.25) is 4.99 Å². The number of aliphatic hydroxyl groups is 1. The Hall–Kier alpha value is -4.26. The molecule has 0 saturated heterocycles. The first-order valence-corrected chi connectivity index (χ1v) is 9.71. The van der Waals surface area contributed by atoms with E-state index in [0.717, 1.165) is 11.8 Å². The zero-order valence-electron chi connectivity index (χ0n) is 17.7. The van der Waals surface area contributed by atoms with Gasteiger partial charge in [-0.1, -0.05) is 30.3 Å². The number of aliphatic carboxylic acids is 1. The van der Waals surface area contributed by atoms with Crippen LogP contribution in [0.2, 0.25) is 0 Å². The topological polar surface area (TPSA) is 97.6 Å². The molecular weight excluding hydrogens is 410 g/mol. The highest BCUT2D eigenvalue weighted by atomic mass is 16.5. The molecule has 0 aliphatic carbocycles. The van der Waals surface area contributed by atoms with Gasteiger partial charge in [0.2, 0.25) is 0 Å². The molecule has 0 aliphatic heterocycles. The maximum absolute atomic E-state index is 11.7. The molecule has 3 aromatic carbocycles. The van der Waals surface area contributed by atoms with Gasteiger partial charge in [0.15, 0.2) is 11.5 Å². The summed E-state index contributed by atoms with van der Waals surface area (Å²) in [6, 6.07) is 21.1. The molecule has 0 heterocycles. The van der Waals surface area contributed by atoms with Gasteiger partial charge in [0.05, 0.1) is 19.9 Å². The van der Waals surface area contributed by atoms with E-state index in [1.165, 1.54) is 13.2 Å². The normalized spacial score (nSPS) is 11.7. The second kappa shape index (κ2) is 10.7. The Balaban J connectivity index is 1.85. The predicted molar refractivity (Wildman–Crippen MR) is 122 cm³/mol. The number of hydrogen-bond acceptors (Lipinski definition) is 6. The molecule has 7 heteroatoms. The molecule has 164 valence electrons. The molecule has 0 fully saturated rings. The lowest BCUT2D eigenvalue weighted by Crippen LogP contribution is -2.06. The Kier molecular flexibility index (Phi) is 7.48. The number of rotatable bonds is 9. The van der Waals surface area contributed by atoms with Gasteiger partial charge in [-0.15, -0.1) is 0 Å². The van der Waals surface area contributed by atoms with Crippen molar-refractivity contribution in [1.82, 2.24) is 0 Å². The summed E-state index contributed by atoms with van der Waals surface area (Å²) in [7, 11) is 3.02. The number of carboxylic acids is 1. The first-order valence-electron chi connectivity index (χ1n) is 9.71. The van der Waals surface area contributed by atoms with Crippen LogP contribution >= 0.6 is 0 Å². The van der Waals surface area contributed by atoms with Crippen molar-refractivity contribution in [2.75, 3.05) is 14.2 Å². The first-order chi connectivity index (χ1) is 15.5. The molecule has 0 amide bonds. The second-order valence-electron chi connectivity index (χ2n) is 6.66. The Morgan fingerprint density at radius 3 is 2.25 bits per heavy atom. The Morgan fingerprint density at radius 1 is 0.906 bits per heavy atom. The van der Waals surface area contributed by atoms with Crippen molar-refractivity contribution >= 4 is 23.6 Å². The molecule has 2 N–H and O–H groups in total. The van der Waals surface area contributed by atoms with E-state index in [9.17, 15) is 15.0 Å². The minimum atomic E-state index is -1.32. The molecule has 0 saturated carbocycles. The van der Waals surface area contributed by atoms with E-state index in [1.807, 2.05) is 30.3 Å². The number of hydrogen-bond donors (Lipinski definition) is 2. The summed E-state index contributed by atoms with van der Waals surface area (Å²) in [6.07, 6.45) is 1.10. The molecule has 3 aromatic rings. The number of carboxylic acid groups (broad SMARTS) is 1. The zero-order valence-corrected chi connectivity index (χ0v) is 17.7. The van der Waals surface area contributed by atoms with Gasteiger partial charge in [-0.05, 0) is 48.0 Å². The standard InChI is InChI=1S/C25H23NO6/c1-30-20-11-9-19(10-12-20)26-15-21(25(28)29)24(27)18-8-13-22(23(14-18)31-2)32-16-17-6-4-3-5-7-17/h3-15,27H,16H2,1-2H3,(H,28,29). The fourth-order valence-electron chi connectivity index (χ4n) is 2.85. The largest absolute Gasteiger partial charge is 0.506 e. The van der Waals surface area contributed by atoms with Crippen molar-refractivity contribution in [2.45, 2.75) is 6.61 Å². The summed E-state index contributed by atoms with van der Waals surface area (Å²) >= 11 is 0. The van der Waals surface area contributed by atoms with E-state index in [0.29, 0.717) is 29.5 Å².